The molecule has 162 valence electrons. The molecule has 1 saturated heterocycles. The van der Waals surface area contributed by atoms with Crippen molar-refractivity contribution in [2.75, 3.05) is 58.8 Å². The van der Waals surface area contributed by atoms with Crippen LogP contribution in [-0.2, 0) is 14.4 Å². The number of carbonyl (C=O) groups is 3. The molecule has 1 amide bonds. The predicted molar refractivity (Wildman–Crippen MR) is 107 cm³/mol. The Morgan fingerprint density at radius 3 is 1.83 bits per heavy atom. The maximum absolute atomic E-state index is 12.1. The van der Waals surface area contributed by atoms with Gasteiger partial charge in [0.05, 0.1) is 14.2 Å². The van der Waals surface area contributed by atoms with Crippen LogP contribution >= 0.6 is 0 Å². The fraction of sp³-hybridized carbons (Fsp3) is 0.526. The van der Waals surface area contributed by atoms with Crippen LogP contribution in [0.15, 0.2) is 18.2 Å². The number of anilines is 1. The molecule has 0 atom stereocenters. The summed E-state index contributed by atoms with van der Waals surface area (Å²) >= 11 is 0. The van der Waals surface area contributed by atoms with E-state index in [9.17, 15) is 4.79 Å². The molecule has 0 bridgehead atoms. The Morgan fingerprint density at radius 1 is 0.931 bits per heavy atom. The second-order valence-corrected chi connectivity index (χ2v) is 6.29. The van der Waals surface area contributed by atoms with E-state index < -0.39 is 11.9 Å². The van der Waals surface area contributed by atoms with Gasteiger partial charge in [0.15, 0.2) is 0 Å². The van der Waals surface area contributed by atoms with Crippen LogP contribution in [0.2, 0.25) is 0 Å². The lowest BCUT2D eigenvalue weighted by Gasteiger charge is -2.33. The maximum Gasteiger partial charge on any atom is 0.414 e. The number of nitrogens with zero attached hydrogens (tertiary/aromatic N) is 2. The molecule has 10 nitrogen and oxygen atoms in total. The number of likely N-dealkylation sites (N-methyl/N-ethyl adjacent to an activating group) is 1. The second-order valence-electron chi connectivity index (χ2n) is 6.29. The molecular formula is C19H29N3O7. The summed E-state index contributed by atoms with van der Waals surface area (Å²) in [7, 11) is 3.19. The van der Waals surface area contributed by atoms with Crippen LogP contribution in [0.5, 0.6) is 11.5 Å². The smallest absolute Gasteiger partial charge is 0.414 e. The average molecular weight is 411 g/mol. The third kappa shape index (κ3) is 9.26. The van der Waals surface area contributed by atoms with E-state index in [4.69, 9.17) is 29.3 Å². The summed E-state index contributed by atoms with van der Waals surface area (Å²) in [5.74, 6) is -2.31. The van der Waals surface area contributed by atoms with Crippen molar-refractivity contribution in [3.8, 4) is 11.5 Å². The number of nitrogens with one attached hydrogen (secondary N) is 1. The number of benzene rings is 1. The van der Waals surface area contributed by atoms with Gasteiger partial charge in [0, 0.05) is 63.0 Å². The topological polar surface area (TPSA) is 129 Å². The average Bonchev–Trinajstić information content (AvgIpc) is 2.72. The summed E-state index contributed by atoms with van der Waals surface area (Å²) in [5, 5.41) is 17.7. The third-order valence-corrected chi connectivity index (χ3v) is 4.39. The number of rotatable bonds is 7. The summed E-state index contributed by atoms with van der Waals surface area (Å²) in [6, 6.07) is 5.36. The summed E-state index contributed by atoms with van der Waals surface area (Å²) in [6.07, 6.45) is 0.492. The van der Waals surface area contributed by atoms with Gasteiger partial charge in [-0.1, -0.05) is 6.92 Å². The SMILES string of the molecule is CCN1CCN(CCC(=O)Nc2cc(OC)cc(OC)c2)CC1.O=C(O)C(=O)O. The number of hydrogen-bond donors (Lipinski definition) is 3. The molecule has 29 heavy (non-hydrogen) atoms. The Morgan fingerprint density at radius 2 is 1.41 bits per heavy atom. The zero-order chi connectivity index (χ0) is 21.8. The number of aliphatic carboxylic acids is 2. The first-order valence-corrected chi connectivity index (χ1v) is 9.22. The summed E-state index contributed by atoms with van der Waals surface area (Å²) in [6.45, 7) is 8.33. The largest absolute Gasteiger partial charge is 0.497 e. The van der Waals surface area contributed by atoms with Crippen molar-refractivity contribution in [1.29, 1.82) is 0 Å². The van der Waals surface area contributed by atoms with Gasteiger partial charge in [0.25, 0.3) is 0 Å². The van der Waals surface area contributed by atoms with E-state index in [0.29, 0.717) is 23.6 Å². The van der Waals surface area contributed by atoms with Crippen LogP contribution in [-0.4, -0.2) is 91.3 Å². The highest BCUT2D eigenvalue weighted by Gasteiger charge is 2.16. The second kappa shape index (κ2) is 12.6. The van der Waals surface area contributed by atoms with E-state index in [1.54, 1.807) is 32.4 Å². The molecule has 10 heteroatoms. The van der Waals surface area contributed by atoms with Gasteiger partial charge >= 0.3 is 11.9 Å². The van der Waals surface area contributed by atoms with Crippen LogP contribution in [0, 0.1) is 0 Å². The number of piperazine rings is 1. The first-order chi connectivity index (χ1) is 13.8. The molecule has 1 heterocycles. The van der Waals surface area contributed by atoms with Crippen LogP contribution in [0.4, 0.5) is 5.69 Å². The Labute approximate surface area is 170 Å². The molecule has 1 fully saturated rings. The standard InChI is InChI=1S/C17H27N3O3.C2H2O4/c1-4-19-7-9-20(10-8-19)6-5-17(21)18-14-11-15(22-2)13-16(12-14)23-3;3-1(4)2(5)6/h11-13H,4-10H2,1-3H3,(H,18,21);(H,3,4)(H,5,6). The van der Waals surface area contributed by atoms with E-state index >= 15 is 0 Å². The van der Waals surface area contributed by atoms with Crippen molar-refractivity contribution < 1.29 is 34.1 Å². The molecule has 2 rings (SSSR count). The number of carbonyl (C=O) groups excluding carboxylic acids is 1. The summed E-state index contributed by atoms with van der Waals surface area (Å²) < 4.78 is 10.4. The van der Waals surface area contributed by atoms with E-state index in [2.05, 4.69) is 22.0 Å². The minimum absolute atomic E-state index is 0.0122. The number of carboxylic acids is 2. The number of amides is 1. The monoisotopic (exact) mass is 411 g/mol. The molecule has 0 spiro atoms. The molecule has 1 aliphatic heterocycles. The third-order valence-electron chi connectivity index (χ3n) is 4.39. The number of carboxylic acid groups (broad SMARTS) is 2. The van der Waals surface area contributed by atoms with Gasteiger partial charge in [-0.05, 0) is 6.54 Å². The van der Waals surface area contributed by atoms with Crippen LogP contribution in [0.3, 0.4) is 0 Å². The van der Waals surface area contributed by atoms with Crippen molar-refractivity contribution in [3.63, 3.8) is 0 Å². The zero-order valence-electron chi connectivity index (χ0n) is 17.0. The lowest BCUT2D eigenvalue weighted by molar-refractivity contribution is -0.159. The molecule has 0 unspecified atom stereocenters. The lowest BCUT2D eigenvalue weighted by Crippen LogP contribution is -2.46. The molecule has 1 aromatic carbocycles. The van der Waals surface area contributed by atoms with E-state index in [1.807, 2.05) is 0 Å². The highest BCUT2D eigenvalue weighted by Crippen LogP contribution is 2.25. The Hall–Kier alpha value is -2.85. The van der Waals surface area contributed by atoms with E-state index in [-0.39, 0.29) is 5.91 Å². The molecule has 0 radical (unpaired) electrons. The van der Waals surface area contributed by atoms with E-state index in [1.165, 1.54) is 0 Å². The fourth-order valence-electron chi connectivity index (χ4n) is 2.69. The Balaban J connectivity index is 0.000000612. The van der Waals surface area contributed by atoms with Crippen molar-refractivity contribution in [2.45, 2.75) is 13.3 Å². The van der Waals surface area contributed by atoms with Gasteiger partial charge in [-0.2, -0.15) is 0 Å². The number of hydrogen-bond acceptors (Lipinski definition) is 7. The molecular weight excluding hydrogens is 382 g/mol. The van der Waals surface area contributed by atoms with Gasteiger partial charge in [0.2, 0.25) is 5.91 Å². The minimum Gasteiger partial charge on any atom is -0.497 e. The predicted octanol–water partition coefficient (Wildman–Crippen LogP) is 0.826. The van der Waals surface area contributed by atoms with Crippen LogP contribution in [0.1, 0.15) is 13.3 Å². The summed E-state index contributed by atoms with van der Waals surface area (Å²) in [4.78, 5) is 35.1. The first-order valence-electron chi connectivity index (χ1n) is 9.22. The number of ether oxygens (including phenoxy) is 2. The molecule has 3 N–H and O–H groups in total. The fourth-order valence-corrected chi connectivity index (χ4v) is 2.69. The highest BCUT2D eigenvalue weighted by molar-refractivity contribution is 6.27. The van der Waals surface area contributed by atoms with Crippen molar-refractivity contribution in [3.05, 3.63) is 18.2 Å². The maximum atomic E-state index is 12.1. The van der Waals surface area contributed by atoms with Crippen LogP contribution < -0.4 is 14.8 Å². The molecule has 1 aliphatic rings. The van der Waals surface area contributed by atoms with E-state index in [0.717, 1.165) is 39.3 Å². The molecule has 0 saturated carbocycles. The first kappa shape index (κ1) is 24.2. The Bertz CT molecular complexity index is 654. The highest BCUT2D eigenvalue weighted by atomic mass is 16.5. The normalized spacial score (nSPS) is 14.3. The lowest BCUT2D eigenvalue weighted by atomic mass is 10.2. The van der Waals surface area contributed by atoms with Gasteiger partial charge in [0.1, 0.15) is 11.5 Å². The number of methoxy groups -OCH3 is 2. The van der Waals surface area contributed by atoms with Gasteiger partial charge < -0.3 is 34.8 Å². The minimum atomic E-state index is -1.82. The van der Waals surface area contributed by atoms with Crippen molar-refractivity contribution in [2.24, 2.45) is 0 Å². The zero-order valence-corrected chi connectivity index (χ0v) is 17.0. The van der Waals surface area contributed by atoms with Crippen molar-refractivity contribution in [1.82, 2.24) is 9.80 Å². The summed E-state index contributed by atoms with van der Waals surface area (Å²) in [5.41, 5.74) is 0.696. The molecule has 0 aliphatic carbocycles. The van der Waals surface area contributed by atoms with Crippen molar-refractivity contribution >= 4 is 23.5 Å². The molecule has 1 aromatic rings. The Kier molecular flexibility index (Phi) is 10.5. The molecule has 0 aromatic heterocycles. The van der Waals surface area contributed by atoms with Gasteiger partial charge in [-0.3, -0.25) is 4.79 Å². The quantitative estimate of drug-likeness (QED) is 0.559. The van der Waals surface area contributed by atoms with Crippen LogP contribution in [0.25, 0.3) is 0 Å². The van der Waals surface area contributed by atoms with Gasteiger partial charge in [-0.25, -0.2) is 9.59 Å². The van der Waals surface area contributed by atoms with Gasteiger partial charge in [-0.15, -0.1) is 0 Å².